The summed E-state index contributed by atoms with van der Waals surface area (Å²) in [6.45, 7) is 7.38. The van der Waals surface area contributed by atoms with E-state index in [9.17, 15) is 19.2 Å². The molecule has 0 atom stereocenters. The van der Waals surface area contributed by atoms with Crippen LogP contribution < -0.4 is 10.6 Å². The fourth-order valence-corrected chi connectivity index (χ4v) is 3.36. The molecular formula is C24H42N4O4S3. The van der Waals surface area contributed by atoms with E-state index in [4.69, 9.17) is 0 Å². The summed E-state index contributed by atoms with van der Waals surface area (Å²) in [7, 11) is 0. The molecule has 4 amide bonds. The van der Waals surface area contributed by atoms with Crippen molar-refractivity contribution in [2.24, 2.45) is 0 Å². The number of carbonyl (C=O) groups is 4. The monoisotopic (exact) mass is 546 g/mol. The minimum absolute atomic E-state index is 0. The molecule has 8 nitrogen and oxygen atoms in total. The van der Waals surface area contributed by atoms with E-state index in [0.717, 1.165) is 6.42 Å². The van der Waals surface area contributed by atoms with Crippen molar-refractivity contribution in [2.75, 3.05) is 49.5 Å². The van der Waals surface area contributed by atoms with Gasteiger partial charge < -0.3 is 20.4 Å². The van der Waals surface area contributed by atoms with Crippen LogP contribution in [0.2, 0.25) is 0 Å². The van der Waals surface area contributed by atoms with Crippen molar-refractivity contribution in [1.82, 2.24) is 15.1 Å². The van der Waals surface area contributed by atoms with Gasteiger partial charge in [-0.05, 0) is 18.6 Å². The highest BCUT2D eigenvalue weighted by Crippen LogP contribution is 2.18. The van der Waals surface area contributed by atoms with E-state index in [1.807, 2.05) is 19.1 Å². The SMILES string of the molecule is C.CCC(=O)N(CCS)CC(=O)NCCS.CCCN(CC(=O)Nc1ccccc1S)C(=O)CC. The van der Waals surface area contributed by atoms with Crippen LogP contribution in [0, 0.1) is 0 Å². The van der Waals surface area contributed by atoms with Crippen molar-refractivity contribution in [3.63, 3.8) is 0 Å². The fraction of sp³-hybridized carbons (Fsp3) is 0.583. The molecular weight excluding hydrogens is 504 g/mol. The molecule has 0 unspecified atom stereocenters. The number of nitrogens with zero attached hydrogens (tertiary/aromatic N) is 2. The maximum Gasteiger partial charge on any atom is 0.244 e. The van der Waals surface area contributed by atoms with E-state index in [0.29, 0.717) is 54.6 Å². The van der Waals surface area contributed by atoms with Gasteiger partial charge in [0, 0.05) is 48.9 Å². The number of thiol groups is 3. The van der Waals surface area contributed by atoms with Gasteiger partial charge in [-0.15, -0.1) is 12.6 Å². The summed E-state index contributed by atoms with van der Waals surface area (Å²) in [6.07, 6.45) is 1.66. The van der Waals surface area contributed by atoms with Gasteiger partial charge in [0.05, 0.1) is 18.8 Å². The second kappa shape index (κ2) is 21.4. The zero-order valence-corrected chi connectivity index (χ0v) is 22.9. The number of carbonyl (C=O) groups excluding carboxylic acids is 4. The summed E-state index contributed by atoms with van der Waals surface area (Å²) in [4.78, 5) is 50.2. The summed E-state index contributed by atoms with van der Waals surface area (Å²) >= 11 is 12.3. The summed E-state index contributed by atoms with van der Waals surface area (Å²) in [5.74, 6) is 0.789. The van der Waals surface area contributed by atoms with E-state index in [1.54, 1.807) is 30.9 Å². The van der Waals surface area contributed by atoms with Gasteiger partial charge in [-0.2, -0.15) is 25.3 Å². The molecule has 0 bridgehead atoms. The van der Waals surface area contributed by atoms with Crippen LogP contribution >= 0.6 is 37.9 Å². The number of amides is 4. The predicted octanol–water partition coefficient (Wildman–Crippen LogP) is 3.40. The van der Waals surface area contributed by atoms with Gasteiger partial charge in [0.1, 0.15) is 0 Å². The van der Waals surface area contributed by atoms with Crippen molar-refractivity contribution in [3.05, 3.63) is 24.3 Å². The third-order valence-electron chi connectivity index (χ3n) is 4.45. The first-order chi connectivity index (χ1) is 16.2. The zero-order valence-electron chi connectivity index (χ0n) is 20.2. The van der Waals surface area contributed by atoms with Crippen LogP contribution in [0.25, 0.3) is 0 Å². The lowest BCUT2D eigenvalue weighted by Crippen LogP contribution is -2.41. The number of rotatable bonds is 13. The van der Waals surface area contributed by atoms with Crippen LogP contribution in [0.4, 0.5) is 5.69 Å². The lowest BCUT2D eigenvalue weighted by Gasteiger charge is -2.21. The Morgan fingerprint density at radius 3 is 1.86 bits per heavy atom. The molecule has 0 aliphatic carbocycles. The topological polar surface area (TPSA) is 98.8 Å². The smallest absolute Gasteiger partial charge is 0.244 e. The number of para-hydroxylation sites is 1. The molecule has 11 heteroatoms. The molecule has 0 aliphatic heterocycles. The largest absolute Gasteiger partial charge is 0.354 e. The maximum absolute atomic E-state index is 11.9. The second-order valence-electron chi connectivity index (χ2n) is 7.20. The molecule has 0 saturated carbocycles. The Hall–Kier alpha value is -1.85. The van der Waals surface area contributed by atoms with Crippen molar-refractivity contribution in [2.45, 2.75) is 52.4 Å². The Bertz CT molecular complexity index is 781. The van der Waals surface area contributed by atoms with Crippen LogP contribution in [0.5, 0.6) is 0 Å². The van der Waals surface area contributed by atoms with Gasteiger partial charge in [0.2, 0.25) is 23.6 Å². The molecule has 2 N–H and O–H groups in total. The van der Waals surface area contributed by atoms with Crippen molar-refractivity contribution >= 4 is 67.2 Å². The highest BCUT2D eigenvalue weighted by atomic mass is 32.1. The Kier molecular flexibility index (Phi) is 21.6. The summed E-state index contributed by atoms with van der Waals surface area (Å²) < 4.78 is 0. The third kappa shape index (κ3) is 15.7. The van der Waals surface area contributed by atoms with Gasteiger partial charge in [0.15, 0.2) is 0 Å². The number of anilines is 1. The first-order valence-electron chi connectivity index (χ1n) is 11.4. The summed E-state index contributed by atoms with van der Waals surface area (Å²) in [6, 6.07) is 7.27. The minimum atomic E-state index is -0.197. The highest BCUT2D eigenvalue weighted by molar-refractivity contribution is 7.80. The lowest BCUT2D eigenvalue weighted by atomic mass is 10.3. The molecule has 1 aromatic rings. The van der Waals surface area contributed by atoms with Gasteiger partial charge in [-0.1, -0.05) is 40.3 Å². The van der Waals surface area contributed by atoms with Crippen LogP contribution in [-0.4, -0.2) is 77.7 Å². The van der Waals surface area contributed by atoms with Crippen molar-refractivity contribution in [1.29, 1.82) is 0 Å². The molecule has 1 aromatic carbocycles. The van der Waals surface area contributed by atoms with Gasteiger partial charge in [0.25, 0.3) is 0 Å². The van der Waals surface area contributed by atoms with Gasteiger partial charge >= 0.3 is 0 Å². The Morgan fingerprint density at radius 2 is 1.37 bits per heavy atom. The first-order valence-corrected chi connectivity index (χ1v) is 13.1. The Morgan fingerprint density at radius 1 is 0.829 bits per heavy atom. The van der Waals surface area contributed by atoms with E-state index in [2.05, 4.69) is 48.5 Å². The van der Waals surface area contributed by atoms with E-state index in [-0.39, 0.29) is 44.1 Å². The standard InChI is InChI=1S/C14H20N2O2S.C9H18N2O2S2.CH4/c1-3-9-16(14(18)4-2)10-13(17)15-11-7-5-6-8-12(11)19;1-2-9(13)11(4-6-15)7-8(12)10-3-5-14;/h5-8,19H,3-4,9-10H2,1-2H3,(H,15,17);14-15H,2-7H2,1H3,(H,10,12);1H4. The molecule has 0 fully saturated rings. The van der Waals surface area contributed by atoms with Crippen LogP contribution in [0.1, 0.15) is 47.5 Å². The summed E-state index contributed by atoms with van der Waals surface area (Å²) in [5, 5.41) is 5.43. The number of benzene rings is 1. The summed E-state index contributed by atoms with van der Waals surface area (Å²) in [5.41, 5.74) is 0.663. The molecule has 200 valence electrons. The highest BCUT2D eigenvalue weighted by Gasteiger charge is 2.15. The Labute approximate surface area is 227 Å². The number of nitrogens with one attached hydrogen (secondary N) is 2. The third-order valence-corrected chi connectivity index (χ3v) is 5.27. The molecule has 0 aliphatic rings. The van der Waals surface area contributed by atoms with E-state index in [1.165, 1.54) is 4.90 Å². The normalized spacial score (nSPS) is 9.66. The van der Waals surface area contributed by atoms with Gasteiger partial charge in [-0.3, -0.25) is 19.2 Å². The molecule has 0 heterocycles. The minimum Gasteiger partial charge on any atom is -0.354 e. The molecule has 0 saturated heterocycles. The second-order valence-corrected chi connectivity index (χ2v) is 8.58. The zero-order chi connectivity index (χ0) is 25.9. The number of hydrogen-bond donors (Lipinski definition) is 5. The van der Waals surface area contributed by atoms with Crippen molar-refractivity contribution < 1.29 is 19.2 Å². The predicted molar refractivity (Wildman–Crippen MR) is 154 cm³/mol. The van der Waals surface area contributed by atoms with Crippen LogP contribution in [0.3, 0.4) is 0 Å². The quantitative estimate of drug-likeness (QED) is 0.245. The fourth-order valence-electron chi connectivity index (χ4n) is 2.79. The lowest BCUT2D eigenvalue weighted by molar-refractivity contribution is -0.135. The molecule has 0 aromatic heterocycles. The average molecular weight is 547 g/mol. The molecule has 35 heavy (non-hydrogen) atoms. The van der Waals surface area contributed by atoms with Crippen LogP contribution in [-0.2, 0) is 19.2 Å². The first kappa shape index (κ1) is 35.3. The van der Waals surface area contributed by atoms with E-state index < -0.39 is 0 Å². The Balaban J connectivity index is 0. The van der Waals surface area contributed by atoms with Crippen LogP contribution in [0.15, 0.2) is 29.2 Å². The van der Waals surface area contributed by atoms with Crippen molar-refractivity contribution in [3.8, 4) is 0 Å². The maximum atomic E-state index is 11.9. The average Bonchev–Trinajstić information content (AvgIpc) is 2.83. The molecule has 0 radical (unpaired) electrons. The van der Waals surface area contributed by atoms with E-state index >= 15 is 0 Å². The van der Waals surface area contributed by atoms with Gasteiger partial charge in [-0.25, -0.2) is 0 Å². The molecule has 0 spiro atoms. The molecule has 1 rings (SSSR count). The number of hydrogen-bond acceptors (Lipinski definition) is 7.